The standard InChI is InChI=1S/C31H25ClN2O4/c1-2-30(35)33-16-20(17-33)18-34-28-15-27(32)26(14-29(28)37-19-31(34)36)25-13-23(38-22-9-4-3-5-10-22)12-21-8-6-7-11-24(21)25/h2-15,20H,1,16-19H2. The van der Waals surface area contributed by atoms with Gasteiger partial charge in [-0.15, -0.1) is 0 Å². The minimum Gasteiger partial charge on any atom is -0.482 e. The molecule has 1 saturated heterocycles. The van der Waals surface area contributed by atoms with Crippen molar-refractivity contribution in [2.24, 2.45) is 5.92 Å². The predicted octanol–water partition coefficient (Wildman–Crippen LogP) is 6.32. The summed E-state index contributed by atoms with van der Waals surface area (Å²) in [6.07, 6.45) is 1.32. The second-order valence-electron chi connectivity index (χ2n) is 9.51. The zero-order chi connectivity index (χ0) is 26.2. The molecule has 190 valence electrons. The van der Waals surface area contributed by atoms with E-state index in [1.807, 2.05) is 66.7 Å². The molecule has 2 aliphatic heterocycles. The summed E-state index contributed by atoms with van der Waals surface area (Å²) < 4.78 is 12.0. The molecule has 4 aromatic carbocycles. The molecule has 2 heterocycles. The summed E-state index contributed by atoms with van der Waals surface area (Å²) in [5.74, 6) is 2.00. The average molecular weight is 525 g/mol. The molecule has 0 radical (unpaired) electrons. The zero-order valence-electron chi connectivity index (χ0n) is 20.6. The zero-order valence-corrected chi connectivity index (χ0v) is 21.4. The van der Waals surface area contributed by atoms with E-state index in [1.165, 1.54) is 6.08 Å². The van der Waals surface area contributed by atoms with Gasteiger partial charge >= 0.3 is 0 Å². The molecule has 6 rings (SSSR count). The van der Waals surface area contributed by atoms with Gasteiger partial charge in [-0.3, -0.25) is 9.59 Å². The summed E-state index contributed by atoms with van der Waals surface area (Å²) in [5, 5.41) is 2.55. The number of anilines is 1. The molecule has 38 heavy (non-hydrogen) atoms. The Morgan fingerprint density at radius 1 is 1.00 bits per heavy atom. The molecule has 0 aromatic heterocycles. The van der Waals surface area contributed by atoms with Crippen molar-refractivity contribution in [3.63, 3.8) is 0 Å². The molecule has 0 spiro atoms. The van der Waals surface area contributed by atoms with E-state index < -0.39 is 0 Å². The Morgan fingerprint density at radius 2 is 1.76 bits per heavy atom. The number of amides is 2. The molecule has 2 amide bonds. The monoisotopic (exact) mass is 524 g/mol. The number of ether oxygens (including phenoxy) is 2. The molecule has 0 unspecified atom stereocenters. The van der Waals surface area contributed by atoms with Crippen LogP contribution in [0.2, 0.25) is 5.02 Å². The van der Waals surface area contributed by atoms with Gasteiger partial charge in [-0.1, -0.05) is 60.6 Å². The molecule has 0 aliphatic carbocycles. The summed E-state index contributed by atoms with van der Waals surface area (Å²) in [6, 6.07) is 25.4. The number of hydrogen-bond acceptors (Lipinski definition) is 4. The van der Waals surface area contributed by atoms with Crippen molar-refractivity contribution in [2.45, 2.75) is 0 Å². The second kappa shape index (κ2) is 9.88. The summed E-state index contributed by atoms with van der Waals surface area (Å²) in [7, 11) is 0. The minimum atomic E-state index is -0.126. The third kappa shape index (κ3) is 4.48. The normalized spacial score (nSPS) is 15.0. The largest absolute Gasteiger partial charge is 0.482 e. The van der Waals surface area contributed by atoms with Crippen LogP contribution in [0.4, 0.5) is 5.69 Å². The molecule has 6 nitrogen and oxygen atoms in total. The fourth-order valence-electron chi connectivity index (χ4n) is 5.07. The van der Waals surface area contributed by atoms with Gasteiger partial charge in [0.1, 0.15) is 17.2 Å². The quantitative estimate of drug-likeness (QED) is 0.277. The number of fused-ring (bicyclic) bond motifs is 2. The van der Waals surface area contributed by atoms with E-state index in [0.717, 1.165) is 27.6 Å². The van der Waals surface area contributed by atoms with Gasteiger partial charge in [0.05, 0.1) is 10.7 Å². The van der Waals surface area contributed by atoms with Crippen LogP contribution in [0, 0.1) is 5.92 Å². The maximum atomic E-state index is 12.8. The molecule has 2 aliphatic rings. The fraction of sp³-hybridized carbons (Fsp3) is 0.161. The lowest BCUT2D eigenvalue weighted by Crippen LogP contribution is -2.55. The van der Waals surface area contributed by atoms with Crippen molar-refractivity contribution in [3.05, 3.63) is 96.5 Å². The first-order valence-electron chi connectivity index (χ1n) is 12.4. The van der Waals surface area contributed by atoms with Crippen molar-refractivity contribution < 1.29 is 19.1 Å². The molecule has 1 fully saturated rings. The number of carbonyl (C=O) groups excluding carboxylic acids is 2. The average Bonchev–Trinajstić information content (AvgIpc) is 2.91. The lowest BCUT2D eigenvalue weighted by Gasteiger charge is -2.42. The molecule has 4 aromatic rings. The lowest BCUT2D eigenvalue weighted by molar-refractivity contribution is -0.131. The SMILES string of the molecule is C=CC(=O)N1CC(CN2C(=O)COc3cc(-c4cc(Oc5ccccc5)cc5ccccc45)c(Cl)cc32)C1. The van der Waals surface area contributed by atoms with Crippen LogP contribution in [-0.2, 0) is 9.59 Å². The summed E-state index contributed by atoms with van der Waals surface area (Å²) in [4.78, 5) is 28.1. The van der Waals surface area contributed by atoms with Crippen LogP contribution in [-0.4, -0.2) is 43.0 Å². The second-order valence-corrected chi connectivity index (χ2v) is 9.92. The number of rotatable bonds is 6. The maximum Gasteiger partial charge on any atom is 0.265 e. The Bertz CT molecular complexity index is 1560. The highest BCUT2D eigenvalue weighted by atomic mass is 35.5. The first-order chi connectivity index (χ1) is 18.5. The van der Waals surface area contributed by atoms with Gasteiger partial charge in [0.25, 0.3) is 5.91 Å². The van der Waals surface area contributed by atoms with Crippen LogP contribution < -0.4 is 14.4 Å². The summed E-state index contributed by atoms with van der Waals surface area (Å²) >= 11 is 6.89. The van der Waals surface area contributed by atoms with E-state index in [2.05, 4.69) is 12.6 Å². The van der Waals surface area contributed by atoms with Crippen molar-refractivity contribution in [1.29, 1.82) is 0 Å². The molecular weight excluding hydrogens is 500 g/mol. The number of likely N-dealkylation sites (tertiary alicyclic amines) is 1. The van der Waals surface area contributed by atoms with Gasteiger partial charge in [-0.05, 0) is 58.8 Å². The van der Waals surface area contributed by atoms with Gasteiger partial charge in [0.15, 0.2) is 6.61 Å². The van der Waals surface area contributed by atoms with E-state index in [-0.39, 0.29) is 24.3 Å². The van der Waals surface area contributed by atoms with Crippen molar-refractivity contribution >= 4 is 39.9 Å². The number of halogens is 1. The Balaban J connectivity index is 1.35. The molecule has 0 saturated carbocycles. The van der Waals surface area contributed by atoms with Crippen LogP contribution in [0.5, 0.6) is 17.2 Å². The van der Waals surface area contributed by atoms with E-state index >= 15 is 0 Å². The van der Waals surface area contributed by atoms with Crippen LogP contribution >= 0.6 is 11.6 Å². The highest BCUT2D eigenvalue weighted by molar-refractivity contribution is 6.34. The van der Waals surface area contributed by atoms with Crippen LogP contribution in [0.15, 0.2) is 91.5 Å². The topological polar surface area (TPSA) is 59.1 Å². The molecule has 0 atom stereocenters. The Hall–Kier alpha value is -4.29. The number of nitrogens with zero attached hydrogens (tertiary/aromatic N) is 2. The van der Waals surface area contributed by atoms with Crippen molar-refractivity contribution in [2.75, 3.05) is 31.1 Å². The van der Waals surface area contributed by atoms with Crippen LogP contribution in [0.3, 0.4) is 0 Å². The van der Waals surface area contributed by atoms with Gasteiger partial charge in [-0.2, -0.15) is 0 Å². The summed E-state index contributed by atoms with van der Waals surface area (Å²) in [5.41, 5.74) is 2.34. The number of benzene rings is 4. The Kier molecular flexibility index (Phi) is 6.26. The molecular formula is C31H25ClN2O4. The maximum absolute atomic E-state index is 12.8. The number of carbonyl (C=O) groups is 2. The fourth-order valence-corrected chi connectivity index (χ4v) is 5.33. The highest BCUT2D eigenvalue weighted by Crippen LogP contribution is 2.44. The smallest absolute Gasteiger partial charge is 0.265 e. The third-order valence-corrected chi connectivity index (χ3v) is 7.29. The number of para-hydroxylation sites is 1. The van der Waals surface area contributed by atoms with Gasteiger partial charge in [-0.25, -0.2) is 0 Å². The van der Waals surface area contributed by atoms with Gasteiger partial charge in [0, 0.05) is 31.1 Å². The van der Waals surface area contributed by atoms with Crippen LogP contribution in [0.1, 0.15) is 0 Å². The van der Waals surface area contributed by atoms with E-state index in [0.29, 0.717) is 41.8 Å². The van der Waals surface area contributed by atoms with Crippen LogP contribution in [0.25, 0.3) is 21.9 Å². The molecule has 7 heteroatoms. The molecule has 0 N–H and O–H groups in total. The number of hydrogen-bond donors (Lipinski definition) is 0. The molecule has 0 bridgehead atoms. The van der Waals surface area contributed by atoms with Crippen molar-refractivity contribution in [1.82, 2.24) is 4.90 Å². The first-order valence-corrected chi connectivity index (χ1v) is 12.8. The van der Waals surface area contributed by atoms with Crippen molar-refractivity contribution in [3.8, 4) is 28.4 Å². The Labute approximate surface area is 225 Å². The van der Waals surface area contributed by atoms with E-state index in [4.69, 9.17) is 21.1 Å². The predicted molar refractivity (Wildman–Crippen MR) is 149 cm³/mol. The lowest BCUT2D eigenvalue weighted by atomic mass is 9.96. The minimum absolute atomic E-state index is 0.0476. The first kappa shape index (κ1) is 24.1. The Morgan fingerprint density at radius 3 is 2.55 bits per heavy atom. The summed E-state index contributed by atoms with van der Waals surface area (Å²) in [6.45, 7) is 5.17. The van der Waals surface area contributed by atoms with Gasteiger partial charge in [0.2, 0.25) is 5.91 Å². The van der Waals surface area contributed by atoms with Gasteiger partial charge < -0.3 is 19.3 Å². The van der Waals surface area contributed by atoms with E-state index in [9.17, 15) is 9.59 Å². The van der Waals surface area contributed by atoms with E-state index in [1.54, 1.807) is 15.9 Å². The third-order valence-electron chi connectivity index (χ3n) is 6.98. The highest BCUT2D eigenvalue weighted by Gasteiger charge is 2.35.